The van der Waals surface area contributed by atoms with Gasteiger partial charge in [0, 0.05) is 39.3 Å². The lowest BCUT2D eigenvalue weighted by Gasteiger charge is -2.24. The fourth-order valence-corrected chi connectivity index (χ4v) is 3.79. The van der Waals surface area contributed by atoms with Gasteiger partial charge in [-0.25, -0.2) is 10.8 Å². The van der Waals surface area contributed by atoms with E-state index >= 15 is 0 Å². The summed E-state index contributed by atoms with van der Waals surface area (Å²) < 4.78 is 1.64. The molecule has 4 N–H and O–H groups in total. The smallest absolute Gasteiger partial charge is 0.250 e. The number of likely N-dealkylation sites (N-methyl/N-ethyl adjacent to an activating group) is 1. The highest BCUT2D eigenvalue weighted by Crippen LogP contribution is 2.23. The Bertz CT molecular complexity index is 1010. The zero-order valence-corrected chi connectivity index (χ0v) is 20.4. The van der Waals surface area contributed by atoms with Crippen LogP contribution in [0.15, 0.2) is 41.0 Å². The average molecular weight is 455 g/mol. The number of aryl methyl sites for hydroxylation is 2. The first-order valence-corrected chi connectivity index (χ1v) is 11.6. The van der Waals surface area contributed by atoms with Crippen LogP contribution in [0, 0.1) is 0 Å². The molecule has 0 spiro atoms. The van der Waals surface area contributed by atoms with Gasteiger partial charge in [-0.15, -0.1) is 0 Å². The van der Waals surface area contributed by atoms with E-state index in [4.69, 9.17) is 16.6 Å². The number of carbonyl (C=O) groups excluding carboxylic acids is 1. The van der Waals surface area contributed by atoms with Crippen molar-refractivity contribution in [3.8, 4) is 0 Å². The van der Waals surface area contributed by atoms with E-state index in [-0.39, 0.29) is 12.1 Å². The summed E-state index contributed by atoms with van der Waals surface area (Å²) in [5.74, 6) is 6.12. The first kappa shape index (κ1) is 26.1. The Kier molecular flexibility index (Phi) is 10.1. The molecule has 0 bridgehead atoms. The molecule has 0 aliphatic carbocycles. The van der Waals surface area contributed by atoms with Crippen molar-refractivity contribution >= 4 is 17.7 Å². The van der Waals surface area contributed by atoms with E-state index in [1.54, 1.807) is 17.7 Å². The van der Waals surface area contributed by atoms with Gasteiger partial charge in [-0.3, -0.25) is 4.79 Å². The highest BCUT2D eigenvalue weighted by Gasteiger charge is 2.15. The van der Waals surface area contributed by atoms with Crippen molar-refractivity contribution in [2.75, 3.05) is 25.5 Å². The SMILES string of the molecule is CCCc1ccc(=O)n(C/C(=C(/N)c2ccc(N(C)CCCCC=O)c(CC)n2)N(C)N)c1. The molecule has 8 heteroatoms. The second-order valence-electron chi connectivity index (χ2n) is 8.32. The van der Waals surface area contributed by atoms with Gasteiger partial charge in [-0.1, -0.05) is 26.3 Å². The van der Waals surface area contributed by atoms with E-state index in [2.05, 4.69) is 18.7 Å². The van der Waals surface area contributed by atoms with Crippen LogP contribution in [0.4, 0.5) is 5.69 Å². The lowest BCUT2D eigenvalue weighted by molar-refractivity contribution is -0.107. The number of carbonyl (C=O) groups is 1. The molecule has 0 aliphatic heterocycles. The third-order valence-corrected chi connectivity index (χ3v) is 5.68. The molecule has 0 amide bonds. The van der Waals surface area contributed by atoms with Crippen molar-refractivity contribution in [2.45, 2.75) is 58.9 Å². The minimum atomic E-state index is -0.101. The summed E-state index contributed by atoms with van der Waals surface area (Å²) in [5.41, 5.74) is 11.2. The molecule has 0 aromatic carbocycles. The van der Waals surface area contributed by atoms with E-state index < -0.39 is 0 Å². The summed E-state index contributed by atoms with van der Waals surface area (Å²) in [5, 5.41) is 1.45. The van der Waals surface area contributed by atoms with Gasteiger partial charge in [0.1, 0.15) is 6.29 Å². The molecule has 0 saturated heterocycles. The Morgan fingerprint density at radius 2 is 1.91 bits per heavy atom. The van der Waals surface area contributed by atoms with Crippen LogP contribution in [0.3, 0.4) is 0 Å². The number of nitrogens with zero attached hydrogens (tertiary/aromatic N) is 4. The molecule has 0 radical (unpaired) electrons. The van der Waals surface area contributed by atoms with Crippen LogP contribution < -0.4 is 22.0 Å². The number of anilines is 1. The number of aldehydes is 1. The normalized spacial score (nSPS) is 11.8. The van der Waals surface area contributed by atoms with E-state index in [0.717, 1.165) is 61.9 Å². The van der Waals surface area contributed by atoms with Crippen molar-refractivity contribution < 1.29 is 4.79 Å². The quantitative estimate of drug-likeness (QED) is 0.207. The average Bonchev–Trinajstić information content (AvgIpc) is 2.81. The Hall–Kier alpha value is -3.13. The van der Waals surface area contributed by atoms with Crippen LogP contribution in [-0.2, 0) is 24.2 Å². The Morgan fingerprint density at radius 1 is 1.15 bits per heavy atom. The van der Waals surface area contributed by atoms with Gasteiger partial charge >= 0.3 is 0 Å². The van der Waals surface area contributed by atoms with Gasteiger partial charge in [-0.2, -0.15) is 0 Å². The number of hydrogen-bond acceptors (Lipinski definition) is 7. The summed E-state index contributed by atoms with van der Waals surface area (Å²) >= 11 is 0. The van der Waals surface area contributed by atoms with Crippen molar-refractivity contribution in [3.05, 3.63) is 63.5 Å². The zero-order chi connectivity index (χ0) is 24.4. The fraction of sp³-hybridized carbons (Fsp3) is 0.480. The second-order valence-corrected chi connectivity index (χ2v) is 8.32. The molecule has 2 rings (SSSR count). The van der Waals surface area contributed by atoms with Crippen LogP contribution in [0.1, 0.15) is 56.5 Å². The second kappa shape index (κ2) is 12.8. The van der Waals surface area contributed by atoms with E-state index in [1.165, 1.54) is 5.01 Å². The van der Waals surface area contributed by atoms with E-state index in [0.29, 0.717) is 23.5 Å². The van der Waals surface area contributed by atoms with Crippen LogP contribution in [0.25, 0.3) is 5.70 Å². The Balaban J connectivity index is 2.35. The van der Waals surface area contributed by atoms with Gasteiger partial charge in [0.2, 0.25) is 0 Å². The first-order chi connectivity index (χ1) is 15.8. The summed E-state index contributed by atoms with van der Waals surface area (Å²) in [6, 6.07) is 7.37. The van der Waals surface area contributed by atoms with Crippen LogP contribution in [0.2, 0.25) is 0 Å². The molecule has 0 atom stereocenters. The largest absolute Gasteiger partial charge is 0.395 e. The molecule has 0 saturated carbocycles. The molecule has 0 unspecified atom stereocenters. The van der Waals surface area contributed by atoms with Crippen LogP contribution in [-0.4, -0.2) is 41.5 Å². The minimum absolute atomic E-state index is 0.101. The maximum absolute atomic E-state index is 12.4. The zero-order valence-electron chi connectivity index (χ0n) is 20.4. The van der Waals surface area contributed by atoms with E-state index in [9.17, 15) is 9.59 Å². The molecular formula is C25H38N6O2. The molecule has 33 heavy (non-hydrogen) atoms. The molecule has 180 valence electrons. The summed E-state index contributed by atoms with van der Waals surface area (Å²) in [7, 11) is 3.75. The number of unbranched alkanes of at least 4 members (excludes halogenated alkanes) is 2. The van der Waals surface area contributed by atoms with Gasteiger partial charge < -0.3 is 25.0 Å². The fourth-order valence-electron chi connectivity index (χ4n) is 3.79. The van der Waals surface area contributed by atoms with Gasteiger partial charge in [-0.05, 0) is 43.4 Å². The maximum atomic E-state index is 12.4. The Labute approximate surface area is 196 Å². The molecule has 2 heterocycles. The number of rotatable bonds is 13. The van der Waals surface area contributed by atoms with Crippen molar-refractivity contribution in [1.29, 1.82) is 0 Å². The summed E-state index contributed by atoms with van der Waals surface area (Å²) in [6.07, 6.45) is 7.89. The van der Waals surface area contributed by atoms with Crippen LogP contribution in [0.5, 0.6) is 0 Å². The minimum Gasteiger partial charge on any atom is -0.395 e. The number of hydrazine groups is 1. The summed E-state index contributed by atoms with van der Waals surface area (Å²) in [4.78, 5) is 30.0. The molecule has 0 fully saturated rings. The number of aromatic nitrogens is 2. The molecule has 2 aromatic heterocycles. The molecular weight excluding hydrogens is 416 g/mol. The highest BCUT2D eigenvalue weighted by atomic mass is 16.1. The monoisotopic (exact) mass is 454 g/mol. The standard InChI is InChI=1S/C25H38N6O2/c1-5-10-19-11-14-24(33)31(17-19)18-23(30(4)27)25(26)21-12-13-22(20(6-2)28-21)29(3)15-8-7-9-16-32/h11-14,16-17H,5-10,15,18,26-27H2,1-4H3/b25-23-. The first-order valence-electron chi connectivity index (χ1n) is 11.6. The Morgan fingerprint density at radius 3 is 2.55 bits per heavy atom. The lowest BCUT2D eigenvalue weighted by Crippen LogP contribution is -2.33. The predicted octanol–water partition coefficient (Wildman–Crippen LogP) is 2.70. The van der Waals surface area contributed by atoms with Gasteiger partial charge in [0.15, 0.2) is 0 Å². The topological polar surface area (TPSA) is 110 Å². The molecule has 8 nitrogen and oxygen atoms in total. The van der Waals surface area contributed by atoms with Crippen molar-refractivity contribution in [3.63, 3.8) is 0 Å². The predicted molar refractivity (Wildman–Crippen MR) is 135 cm³/mol. The van der Waals surface area contributed by atoms with Crippen molar-refractivity contribution in [2.24, 2.45) is 11.6 Å². The third-order valence-electron chi connectivity index (χ3n) is 5.68. The maximum Gasteiger partial charge on any atom is 0.250 e. The molecule has 0 aliphatic rings. The third kappa shape index (κ3) is 7.18. The van der Waals surface area contributed by atoms with Crippen LogP contribution >= 0.6 is 0 Å². The summed E-state index contributed by atoms with van der Waals surface area (Å²) in [6.45, 7) is 5.28. The lowest BCUT2D eigenvalue weighted by atomic mass is 10.1. The number of nitrogens with two attached hydrogens (primary N) is 2. The number of pyridine rings is 2. The van der Waals surface area contributed by atoms with Gasteiger partial charge in [0.25, 0.3) is 5.56 Å². The highest BCUT2D eigenvalue weighted by molar-refractivity contribution is 5.65. The number of hydrogen-bond donors (Lipinski definition) is 2. The number of allylic oxidation sites excluding steroid dienone is 1. The van der Waals surface area contributed by atoms with Gasteiger partial charge in [0.05, 0.1) is 35.0 Å². The molecule has 2 aromatic rings. The van der Waals surface area contributed by atoms with E-state index in [1.807, 2.05) is 31.4 Å². The van der Waals surface area contributed by atoms with Crippen molar-refractivity contribution in [1.82, 2.24) is 14.6 Å².